The summed E-state index contributed by atoms with van der Waals surface area (Å²) in [6, 6.07) is 17.8. The van der Waals surface area contributed by atoms with E-state index in [9.17, 15) is 10.1 Å². The number of nitrogens with zero attached hydrogens (tertiary/aromatic N) is 2. The molecule has 0 unspecified atom stereocenters. The lowest BCUT2D eigenvalue weighted by Gasteiger charge is -2.09. The van der Waals surface area contributed by atoms with Gasteiger partial charge < -0.3 is 4.98 Å². The highest BCUT2D eigenvalue weighted by Gasteiger charge is 2.10. The van der Waals surface area contributed by atoms with Gasteiger partial charge in [0.25, 0.3) is 5.56 Å². The van der Waals surface area contributed by atoms with E-state index in [0.717, 1.165) is 34.4 Å². The van der Waals surface area contributed by atoms with Gasteiger partial charge in [-0.2, -0.15) is 5.26 Å². The Bertz CT molecular complexity index is 995. The van der Waals surface area contributed by atoms with Crippen molar-refractivity contribution in [2.24, 2.45) is 0 Å². The largest absolute Gasteiger partial charge is 0.311 e. The number of aromatic amines is 1. The summed E-state index contributed by atoms with van der Waals surface area (Å²) in [6.45, 7) is 3.80. The minimum Gasteiger partial charge on any atom is -0.311 e. The molecule has 0 saturated carbocycles. The topological polar surface area (TPSA) is 69.5 Å². The van der Waals surface area contributed by atoms with Crippen LogP contribution in [-0.2, 0) is 12.8 Å². The fourth-order valence-corrected chi connectivity index (χ4v) is 2.98. The third-order valence-corrected chi connectivity index (χ3v) is 4.25. The van der Waals surface area contributed by atoms with Gasteiger partial charge in [0.1, 0.15) is 5.82 Å². The second-order valence-electron chi connectivity index (χ2n) is 5.96. The van der Waals surface area contributed by atoms with Gasteiger partial charge in [-0.25, -0.2) is 4.98 Å². The highest BCUT2D eigenvalue weighted by Crippen LogP contribution is 2.24. The minimum atomic E-state index is -0.0664. The number of nitrogens with one attached hydrogen (secondary N) is 1. The second kappa shape index (κ2) is 7.14. The highest BCUT2D eigenvalue weighted by molar-refractivity contribution is 5.70. The number of aromatic nitrogens is 2. The van der Waals surface area contributed by atoms with Crippen LogP contribution in [0.4, 0.5) is 0 Å². The van der Waals surface area contributed by atoms with Crippen molar-refractivity contribution in [1.82, 2.24) is 9.97 Å². The summed E-state index contributed by atoms with van der Waals surface area (Å²) < 4.78 is 0. The lowest BCUT2D eigenvalue weighted by molar-refractivity contribution is 0.882. The number of H-pyrrole nitrogens is 1. The summed E-state index contributed by atoms with van der Waals surface area (Å²) in [5.74, 6) is 0.647. The van der Waals surface area contributed by atoms with Crippen LogP contribution < -0.4 is 5.56 Å². The summed E-state index contributed by atoms with van der Waals surface area (Å²) in [6.07, 6.45) is 1.28. The van der Waals surface area contributed by atoms with E-state index in [1.165, 1.54) is 0 Å². The molecule has 0 aliphatic carbocycles. The Balaban J connectivity index is 1.92. The SMILES string of the molecule is CCc1nc(C)[nH]c(=O)c1Cc1ccc(-c2ccccc2C#N)cc1. The Morgan fingerprint density at radius 1 is 1.12 bits per heavy atom. The van der Waals surface area contributed by atoms with Crippen molar-refractivity contribution in [1.29, 1.82) is 5.26 Å². The first-order valence-electron chi connectivity index (χ1n) is 8.29. The Labute approximate surface area is 146 Å². The van der Waals surface area contributed by atoms with Crippen LogP contribution in [0.2, 0.25) is 0 Å². The van der Waals surface area contributed by atoms with Gasteiger partial charge in [-0.1, -0.05) is 49.4 Å². The van der Waals surface area contributed by atoms with E-state index in [4.69, 9.17) is 0 Å². The van der Waals surface area contributed by atoms with Gasteiger partial charge >= 0.3 is 0 Å². The Hall–Kier alpha value is -3.19. The standard InChI is InChI=1S/C21H19N3O/c1-3-20-19(21(25)24-14(2)23-20)12-15-8-10-16(11-9-15)18-7-5-4-6-17(18)13-22/h4-11H,3,12H2,1-2H3,(H,23,24,25). The molecule has 0 atom stereocenters. The summed E-state index contributed by atoms with van der Waals surface area (Å²) in [5.41, 5.74) is 5.11. The molecule has 3 aromatic rings. The van der Waals surface area contributed by atoms with E-state index in [2.05, 4.69) is 16.0 Å². The first-order chi connectivity index (χ1) is 12.1. The predicted molar refractivity (Wildman–Crippen MR) is 98.4 cm³/mol. The molecular weight excluding hydrogens is 310 g/mol. The molecule has 0 bridgehead atoms. The molecule has 0 aliphatic heterocycles. The first-order valence-corrected chi connectivity index (χ1v) is 8.29. The van der Waals surface area contributed by atoms with Gasteiger partial charge in [-0.05, 0) is 36.1 Å². The maximum absolute atomic E-state index is 12.3. The van der Waals surface area contributed by atoms with Crippen LogP contribution in [0.5, 0.6) is 0 Å². The number of benzene rings is 2. The van der Waals surface area contributed by atoms with Crippen LogP contribution in [0, 0.1) is 18.3 Å². The van der Waals surface area contributed by atoms with Gasteiger partial charge in [0.15, 0.2) is 0 Å². The zero-order valence-electron chi connectivity index (χ0n) is 14.3. The van der Waals surface area contributed by atoms with Crippen molar-refractivity contribution < 1.29 is 0 Å². The lowest BCUT2D eigenvalue weighted by atomic mass is 9.97. The smallest absolute Gasteiger partial charge is 0.254 e. The van der Waals surface area contributed by atoms with Crippen molar-refractivity contribution in [3.05, 3.63) is 87.1 Å². The first kappa shape index (κ1) is 16.7. The normalized spacial score (nSPS) is 10.4. The van der Waals surface area contributed by atoms with Gasteiger partial charge in [0, 0.05) is 12.0 Å². The van der Waals surface area contributed by atoms with Crippen LogP contribution in [0.15, 0.2) is 53.3 Å². The van der Waals surface area contributed by atoms with Crippen molar-refractivity contribution in [2.45, 2.75) is 26.7 Å². The van der Waals surface area contributed by atoms with E-state index < -0.39 is 0 Å². The van der Waals surface area contributed by atoms with Gasteiger partial charge in [0.05, 0.1) is 17.3 Å². The molecule has 1 heterocycles. The Kier molecular flexibility index (Phi) is 4.76. The van der Waals surface area contributed by atoms with E-state index in [1.54, 1.807) is 6.92 Å². The molecule has 3 rings (SSSR count). The van der Waals surface area contributed by atoms with Gasteiger partial charge in [0.2, 0.25) is 0 Å². The number of aryl methyl sites for hydroxylation is 2. The average Bonchev–Trinajstić information content (AvgIpc) is 2.64. The van der Waals surface area contributed by atoms with Crippen molar-refractivity contribution >= 4 is 0 Å². The van der Waals surface area contributed by atoms with E-state index >= 15 is 0 Å². The minimum absolute atomic E-state index is 0.0664. The number of hydrogen-bond acceptors (Lipinski definition) is 3. The highest BCUT2D eigenvalue weighted by atomic mass is 16.1. The molecule has 0 spiro atoms. The molecule has 4 heteroatoms. The van der Waals surface area contributed by atoms with Crippen LogP contribution in [0.3, 0.4) is 0 Å². The van der Waals surface area contributed by atoms with Gasteiger partial charge in [-0.3, -0.25) is 4.79 Å². The van der Waals surface area contributed by atoms with E-state index in [-0.39, 0.29) is 5.56 Å². The summed E-state index contributed by atoms with van der Waals surface area (Å²) in [7, 11) is 0. The lowest BCUT2D eigenvalue weighted by Crippen LogP contribution is -2.19. The van der Waals surface area contributed by atoms with Crippen molar-refractivity contribution in [3.8, 4) is 17.2 Å². The third kappa shape index (κ3) is 3.51. The molecule has 2 aromatic carbocycles. The fourth-order valence-electron chi connectivity index (χ4n) is 2.98. The summed E-state index contributed by atoms with van der Waals surface area (Å²) in [5, 5.41) is 9.24. The Morgan fingerprint density at radius 3 is 2.52 bits per heavy atom. The van der Waals surface area contributed by atoms with Crippen LogP contribution in [0.1, 0.15) is 35.1 Å². The zero-order valence-corrected chi connectivity index (χ0v) is 14.3. The third-order valence-electron chi connectivity index (χ3n) is 4.25. The Morgan fingerprint density at radius 2 is 1.84 bits per heavy atom. The molecule has 0 radical (unpaired) electrons. The molecule has 1 N–H and O–H groups in total. The monoisotopic (exact) mass is 329 g/mol. The number of hydrogen-bond donors (Lipinski definition) is 1. The summed E-state index contributed by atoms with van der Waals surface area (Å²) in [4.78, 5) is 19.5. The zero-order chi connectivity index (χ0) is 17.8. The molecule has 0 amide bonds. The van der Waals surface area contributed by atoms with Crippen LogP contribution in [-0.4, -0.2) is 9.97 Å². The summed E-state index contributed by atoms with van der Waals surface area (Å²) >= 11 is 0. The van der Waals surface area contributed by atoms with E-state index in [0.29, 0.717) is 17.8 Å². The average molecular weight is 329 g/mol. The molecule has 0 aliphatic rings. The molecular formula is C21H19N3O. The maximum Gasteiger partial charge on any atom is 0.254 e. The second-order valence-corrected chi connectivity index (χ2v) is 5.96. The van der Waals surface area contributed by atoms with Crippen LogP contribution in [0.25, 0.3) is 11.1 Å². The van der Waals surface area contributed by atoms with E-state index in [1.807, 2.05) is 55.5 Å². The molecule has 25 heavy (non-hydrogen) atoms. The van der Waals surface area contributed by atoms with Crippen LogP contribution >= 0.6 is 0 Å². The molecule has 0 fully saturated rings. The van der Waals surface area contributed by atoms with Crippen molar-refractivity contribution in [2.75, 3.05) is 0 Å². The van der Waals surface area contributed by atoms with Gasteiger partial charge in [-0.15, -0.1) is 0 Å². The fraction of sp³-hybridized carbons (Fsp3) is 0.190. The predicted octanol–water partition coefficient (Wildman–Crippen LogP) is 3.77. The maximum atomic E-state index is 12.3. The quantitative estimate of drug-likeness (QED) is 0.792. The van der Waals surface area contributed by atoms with Crippen molar-refractivity contribution in [3.63, 3.8) is 0 Å². The number of rotatable bonds is 4. The molecule has 0 saturated heterocycles. The molecule has 124 valence electrons. The molecule has 4 nitrogen and oxygen atoms in total. The number of nitriles is 1. The molecule has 1 aromatic heterocycles.